The molecule has 0 radical (unpaired) electrons. The van der Waals surface area contributed by atoms with Crippen molar-refractivity contribution in [3.8, 4) is 0 Å². The summed E-state index contributed by atoms with van der Waals surface area (Å²) in [6.07, 6.45) is 3.65. The Hall–Kier alpha value is -0.420. The van der Waals surface area contributed by atoms with Crippen molar-refractivity contribution in [3.63, 3.8) is 0 Å². The molecule has 0 unspecified atom stereocenters. The normalized spacial score (nSPS) is 20.2. The first-order valence-corrected chi connectivity index (χ1v) is 7.34. The summed E-state index contributed by atoms with van der Waals surface area (Å²) in [7, 11) is -3.26. The zero-order valence-electron chi connectivity index (χ0n) is 10.2. The van der Waals surface area contributed by atoms with E-state index in [0.717, 1.165) is 25.7 Å². The van der Waals surface area contributed by atoms with E-state index >= 15 is 0 Å². The molecule has 0 aromatic carbocycles. The molecule has 5 heteroatoms. The fourth-order valence-electron chi connectivity index (χ4n) is 2.11. The Labute approximate surface area is 97.9 Å². The van der Waals surface area contributed by atoms with E-state index in [0.29, 0.717) is 0 Å². The van der Waals surface area contributed by atoms with Crippen LogP contribution >= 0.6 is 0 Å². The Kier molecular flexibility index (Phi) is 4.12. The third-order valence-electron chi connectivity index (χ3n) is 3.54. The van der Waals surface area contributed by atoms with Crippen molar-refractivity contribution in [2.24, 2.45) is 5.41 Å². The summed E-state index contributed by atoms with van der Waals surface area (Å²) >= 11 is 0. The van der Waals surface area contributed by atoms with Crippen molar-refractivity contribution in [3.05, 3.63) is 0 Å². The predicted molar refractivity (Wildman–Crippen MR) is 63.6 cm³/mol. The number of hydrogen-bond acceptors (Lipinski definition) is 3. The summed E-state index contributed by atoms with van der Waals surface area (Å²) in [4.78, 5) is 11.6. The van der Waals surface area contributed by atoms with Gasteiger partial charge in [-0.25, -0.2) is 13.1 Å². The number of sulfonamides is 1. The van der Waals surface area contributed by atoms with Crippen LogP contribution in [0.4, 0.5) is 0 Å². The molecule has 0 spiro atoms. The zero-order valence-corrected chi connectivity index (χ0v) is 11.1. The highest BCUT2D eigenvalue weighted by Gasteiger charge is 2.39. The highest BCUT2D eigenvalue weighted by molar-refractivity contribution is 7.90. The van der Waals surface area contributed by atoms with Crippen LogP contribution < -0.4 is 4.72 Å². The molecule has 0 aliphatic heterocycles. The summed E-state index contributed by atoms with van der Waals surface area (Å²) in [5.74, 6) is 0.108. The molecule has 1 saturated carbocycles. The van der Waals surface area contributed by atoms with Gasteiger partial charge in [0.1, 0.15) is 5.78 Å². The van der Waals surface area contributed by atoms with Crippen LogP contribution in [0.3, 0.4) is 0 Å². The molecule has 0 aromatic heterocycles. The lowest BCUT2D eigenvalue weighted by molar-refractivity contribution is -0.125. The second kappa shape index (κ2) is 4.84. The third kappa shape index (κ3) is 2.83. The third-order valence-corrected chi connectivity index (χ3v) is 5.33. The lowest BCUT2D eigenvalue weighted by Gasteiger charge is -2.26. The first-order valence-electron chi connectivity index (χ1n) is 5.80. The Morgan fingerprint density at radius 2 is 1.81 bits per heavy atom. The van der Waals surface area contributed by atoms with Crippen molar-refractivity contribution >= 4 is 15.8 Å². The summed E-state index contributed by atoms with van der Waals surface area (Å²) in [6.45, 7) is 5.10. The lowest BCUT2D eigenvalue weighted by Crippen LogP contribution is -2.42. The molecule has 0 amide bonds. The zero-order chi connectivity index (χ0) is 12.4. The smallest absolute Gasteiger partial charge is 0.213 e. The van der Waals surface area contributed by atoms with E-state index in [4.69, 9.17) is 0 Å². The topological polar surface area (TPSA) is 63.2 Å². The molecule has 0 aromatic rings. The van der Waals surface area contributed by atoms with Gasteiger partial charge in [0.2, 0.25) is 10.0 Å². The Morgan fingerprint density at radius 1 is 1.31 bits per heavy atom. The number of hydrogen-bond donors (Lipinski definition) is 1. The number of rotatable bonds is 5. The second-order valence-electron chi connectivity index (χ2n) is 4.96. The first-order chi connectivity index (χ1) is 7.30. The monoisotopic (exact) mass is 247 g/mol. The molecule has 4 nitrogen and oxygen atoms in total. The molecule has 16 heavy (non-hydrogen) atoms. The standard InChI is InChI=1S/C11H21NO3S/c1-9(2)16(14,15)12-8-11(10(3)13)6-4-5-7-11/h9,12H,4-8H2,1-3H3. The molecule has 0 heterocycles. The maximum atomic E-state index is 11.6. The van der Waals surface area contributed by atoms with Gasteiger partial charge >= 0.3 is 0 Å². The highest BCUT2D eigenvalue weighted by Crippen LogP contribution is 2.38. The van der Waals surface area contributed by atoms with Gasteiger partial charge in [-0.05, 0) is 33.6 Å². The molecule has 1 N–H and O–H groups in total. The molecule has 1 aliphatic rings. The van der Waals surface area contributed by atoms with E-state index < -0.39 is 20.7 Å². The van der Waals surface area contributed by atoms with E-state index in [2.05, 4.69) is 4.72 Å². The average Bonchev–Trinajstić information content (AvgIpc) is 2.64. The fourth-order valence-corrected chi connectivity index (χ4v) is 2.92. The summed E-state index contributed by atoms with van der Waals surface area (Å²) in [5, 5.41) is -0.446. The number of carbonyl (C=O) groups is 1. The molecule has 0 saturated heterocycles. The van der Waals surface area contributed by atoms with Gasteiger partial charge < -0.3 is 0 Å². The highest BCUT2D eigenvalue weighted by atomic mass is 32.2. The molecule has 1 aliphatic carbocycles. The Morgan fingerprint density at radius 3 is 2.19 bits per heavy atom. The van der Waals surface area contributed by atoms with Crippen molar-refractivity contribution < 1.29 is 13.2 Å². The van der Waals surface area contributed by atoms with Crippen LogP contribution in [0, 0.1) is 5.41 Å². The Bertz CT molecular complexity index is 353. The molecule has 94 valence electrons. The van der Waals surface area contributed by atoms with E-state index in [1.807, 2.05) is 0 Å². The quantitative estimate of drug-likeness (QED) is 0.800. The van der Waals surface area contributed by atoms with E-state index in [9.17, 15) is 13.2 Å². The Balaban J connectivity index is 2.69. The number of Topliss-reactive ketones (excluding diaryl/α,β-unsaturated/α-hetero) is 1. The maximum Gasteiger partial charge on any atom is 0.213 e. The first kappa shape index (κ1) is 13.6. The van der Waals surface area contributed by atoms with Crippen LogP contribution in [0.2, 0.25) is 0 Å². The molecule has 1 fully saturated rings. The molecular weight excluding hydrogens is 226 g/mol. The molecule has 0 atom stereocenters. The minimum atomic E-state index is -3.26. The fraction of sp³-hybridized carbons (Fsp3) is 0.909. The second-order valence-corrected chi connectivity index (χ2v) is 7.28. The minimum Gasteiger partial charge on any atom is -0.299 e. The number of ketones is 1. The lowest BCUT2D eigenvalue weighted by atomic mass is 9.82. The van der Waals surface area contributed by atoms with Gasteiger partial charge in [-0.2, -0.15) is 0 Å². The summed E-state index contributed by atoms with van der Waals surface area (Å²) in [6, 6.07) is 0. The largest absolute Gasteiger partial charge is 0.299 e. The van der Waals surface area contributed by atoms with Crippen LogP contribution in [0.1, 0.15) is 46.5 Å². The van der Waals surface area contributed by atoms with Crippen LogP contribution in [0.15, 0.2) is 0 Å². The van der Waals surface area contributed by atoms with Gasteiger partial charge in [0.05, 0.1) is 5.25 Å². The molecule has 1 rings (SSSR count). The van der Waals surface area contributed by atoms with E-state index in [1.165, 1.54) is 0 Å². The average molecular weight is 247 g/mol. The SMILES string of the molecule is CC(=O)C1(CNS(=O)(=O)C(C)C)CCCC1. The summed E-state index contributed by atoms with van der Waals surface area (Å²) in [5.41, 5.74) is -0.442. The van der Waals surface area contributed by atoms with Crippen LogP contribution in [0.5, 0.6) is 0 Å². The van der Waals surface area contributed by atoms with Crippen LogP contribution in [-0.2, 0) is 14.8 Å². The molecular formula is C11H21NO3S. The predicted octanol–water partition coefficient (Wildman–Crippen LogP) is 1.46. The van der Waals surface area contributed by atoms with Gasteiger partial charge in [0.15, 0.2) is 0 Å². The van der Waals surface area contributed by atoms with Crippen molar-refractivity contribution in [2.45, 2.75) is 51.7 Å². The van der Waals surface area contributed by atoms with Gasteiger partial charge in [0, 0.05) is 12.0 Å². The summed E-state index contributed by atoms with van der Waals surface area (Å²) < 4.78 is 25.8. The van der Waals surface area contributed by atoms with Crippen molar-refractivity contribution in [2.75, 3.05) is 6.54 Å². The minimum absolute atomic E-state index is 0.108. The number of nitrogens with one attached hydrogen (secondary N) is 1. The maximum absolute atomic E-state index is 11.6. The molecule has 0 bridgehead atoms. The van der Waals surface area contributed by atoms with Crippen LogP contribution in [-0.4, -0.2) is 26.0 Å². The van der Waals surface area contributed by atoms with Gasteiger partial charge in [0.25, 0.3) is 0 Å². The number of carbonyl (C=O) groups excluding carboxylic acids is 1. The van der Waals surface area contributed by atoms with Crippen molar-refractivity contribution in [1.82, 2.24) is 4.72 Å². The van der Waals surface area contributed by atoms with E-state index in [1.54, 1.807) is 20.8 Å². The van der Waals surface area contributed by atoms with Crippen molar-refractivity contribution in [1.29, 1.82) is 0 Å². The van der Waals surface area contributed by atoms with Gasteiger partial charge in [-0.15, -0.1) is 0 Å². The van der Waals surface area contributed by atoms with Gasteiger partial charge in [-0.3, -0.25) is 4.79 Å². The van der Waals surface area contributed by atoms with E-state index in [-0.39, 0.29) is 12.3 Å². The van der Waals surface area contributed by atoms with Crippen LogP contribution in [0.25, 0.3) is 0 Å². The van der Waals surface area contributed by atoms with Gasteiger partial charge in [-0.1, -0.05) is 12.8 Å².